The van der Waals surface area contributed by atoms with Crippen LogP contribution in [-0.4, -0.2) is 68.2 Å². The zero-order chi connectivity index (χ0) is 19.4. The summed E-state index contributed by atoms with van der Waals surface area (Å²) >= 11 is 0. The van der Waals surface area contributed by atoms with Crippen LogP contribution in [0.1, 0.15) is 44.2 Å². The first-order valence-corrected chi connectivity index (χ1v) is 10.8. The highest BCUT2D eigenvalue weighted by Gasteiger charge is 2.43. The minimum Gasteiger partial charge on any atom is -0.379 e. The highest BCUT2D eigenvalue weighted by Crippen LogP contribution is 2.47. The molecule has 5 nitrogen and oxygen atoms in total. The molecule has 1 unspecified atom stereocenters. The Morgan fingerprint density at radius 3 is 2.66 bits per heavy atom. The van der Waals surface area contributed by atoms with E-state index in [1.54, 1.807) is 12.1 Å². The van der Waals surface area contributed by atoms with Crippen LogP contribution < -0.4 is 5.32 Å². The summed E-state index contributed by atoms with van der Waals surface area (Å²) in [4.78, 5) is 9.84. The lowest BCUT2D eigenvalue weighted by Gasteiger charge is -2.38. The van der Waals surface area contributed by atoms with E-state index in [0.717, 1.165) is 57.5 Å². The van der Waals surface area contributed by atoms with Crippen molar-refractivity contribution in [2.75, 3.05) is 52.5 Å². The molecule has 0 bridgehead atoms. The maximum atomic E-state index is 13.9. The van der Waals surface area contributed by atoms with E-state index in [0.29, 0.717) is 12.0 Å². The largest absolute Gasteiger partial charge is 0.379 e. The zero-order valence-corrected chi connectivity index (χ0v) is 19.7. The molecule has 162 valence electrons. The van der Waals surface area contributed by atoms with Gasteiger partial charge in [-0.05, 0) is 49.3 Å². The highest BCUT2D eigenvalue weighted by molar-refractivity contribution is 14.0. The quantitative estimate of drug-likeness (QED) is 0.369. The number of guanidine groups is 1. The number of nitrogens with one attached hydrogen (secondary N) is 1. The summed E-state index contributed by atoms with van der Waals surface area (Å²) in [7, 11) is 0. The predicted octanol–water partition coefficient (Wildman–Crippen LogP) is 3.66. The van der Waals surface area contributed by atoms with Crippen molar-refractivity contribution >= 4 is 29.9 Å². The molecule has 0 amide bonds. The molecule has 1 N–H and O–H groups in total. The molecule has 0 radical (unpaired) electrons. The van der Waals surface area contributed by atoms with Gasteiger partial charge in [-0.15, -0.1) is 24.0 Å². The summed E-state index contributed by atoms with van der Waals surface area (Å²) < 4.78 is 19.4. The molecule has 2 heterocycles. The van der Waals surface area contributed by atoms with Crippen molar-refractivity contribution in [1.29, 1.82) is 0 Å². The van der Waals surface area contributed by atoms with Crippen LogP contribution in [0.2, 0.25) is 0 Å². The fourth-order valence-electron chi connectivity index (χ4n) is 4.83. The van der Waals surface area contributed by atoms with Crippen molar-refractivity contribution in [3.8, 4) is 0 Å². The van der Waals surface area contributed by atoms with Gasteiger partial charge in [0, 0.05) is 32.7 Å². The molecule has 1 spiro atoms. The van der Waals surface area contributed by atoms with Crippen LogP contribution in [0.4, 0.5) is 4.39 Å². The Morgan fingerprint density at radius 2 is 2.03 bits per heavy atom. The minimum absolute atomic E-state index is 0. The van der Waals surface area contributed by atoms with Crippen molar-refractivity contribution in [1.82, 2.24) is 15.1 Å². The van der Waals surface area contributed by atoms with Gasteiger partial charge < -0.3 is 15.0 Å². The Labute approximate surface area is 191 Å². The summed E-state index contributed by atoms with van der Waals surface area (Å²) in [6, 6.07) is 7.06. The molecular weight excluding hydrogens is 482 g/mol. The van der Waals surface area contributed by atoms with Crippen molar-refractivity contribution in [2.45, 2.75) is 38.6 Å². The van der Waals surface area contributed by atoms with Gasteiger partial charge in [0.05, 0.1) is 25.8 Å². The van der Waals surface area contributed by atoms with E-state index in [1.807, 2.05) is 6.07 Å². The number of morpholine rings is 1. The Kier molecular flexibility index (Phi) is 8.15. The van der Waals surface area contributed by atoms with E-state index in [2.05, 4.69) is 22.0 Å². The van der Waals surface area contributed by atoms with Gasteiger partial charge in [0.1, 0.15) is 5.82 Å². The Bertz CT molecular complexity index is 691. The van der Waals surface area contributed by atoms with Crippen LogP contribution >= 0.6 is 24.0 Å². The van der Waals surface area contributed by atoms with E-state index in [-0.39, 0.29) is 35.8 Å². The van der Waals surface area contributed by atoms with Crippen molar-refractivity contribution < 1.29 is 9.13 Å². The second-order valence-corrected chi connectivity index (χ2v) is 8.44. The number of nitrogens with zero attached hydrogens (tertiary/aromatic N) is 3. The first-order chi connectivity index (χ1) is 13.7. The molecule has 0 aromatic heterocycles. The van der Waals surface area contributed by atoms with Crippen molar-refractivity contribution in [2.24, 2.45) is 10.4 Å². The van der Waals surface area contributed by atoms with Gasteiger partial charge in [0.2, 0.25) is 0 Å². The molecule has 7 heteroatoms. The summed E-state index contributed by atoms with van der Waals surface area (Å²) in [6.45, 7) is 9.01. The molecule has 2 saturated heterocycles. The van der Waals surface area contributed by atoms with Gasteiger partial charge in [-0.1, -0.05) is 18.6 Å². The normalized spacial score (nSPS) is 22.8. The van der Waals surface area contributed by atoms with E-state index in [4.69, 9.17) is 9.73 Å². The predicted molar refractivity (Wildman–Crippen MR) is 125 cm³/mol. The Balaban J connectivity index is 0.00000240. The second kappa shape index (κ2) is 10.4. The second-order valence-electron chi connectivity index (χ2n) is 8.44. The number of benzene rings is 1. The number of halogens is 2. The van der Waals surface area contributed by atoms with Gasteiger partial charge >= 0.3 is 0 Å². The highest BCUT2D eigenvalue weighted by atomic mass is 127. The maximum Gasteiger partial charge on any atom is 0.194 e. The first kappa shape index (κ1) is 22.7. The van der Waals surface area contributed by atoms with Crippen LogP contribution in [0.15, 0.2) is 29.3 Å². The van der Waals surface area contributed by atoms with Crippen molar-refractivity contribution in [3.63, 3.8) is 0 Å². The minimum atomic E-state index is -0.182. The topological polar surface area (TPSA) is 40.1 Å². The third-order valence-corrected chi connectivity index (χ3v) is 6.62. The molecule has 4 rings (SSSR count). The molecular formula is C22H34FIN4O. The van der Waals surface area contributed by atoms with Crippen LogP contribution in [0, 0.1) is 11.2 Å². The first-order valence-electron chi connectivity index (χ1n) is 10.8. The average molecular weight is 516 g/mol. The lowest BCUT2D eigenvalue weighted by molar-refractivity contribution is 0.0179. The Morgan fingerprint density at radius 1 is 1.24 bits per heavy atom. The van der Waals surface area contributed by atoms with Crippen LogP contribution in [0.25, 0.3) is 0 Å². The third kappa shape index (κ3) is 5.41. The summed E-state index contributed by atoms with van der Waals surface area (Å²) in [5, 5.41) is 3.49. The van der Waals surface area contributed by atoms with Crippen LogP contribution in [0.5, 0.6) is 0 Å². The van der Waals surface area contributed by atoms with Gasteiger partial charge in [-0.25, -0.2) is 4.39 Å². The number of hydrogen-bond donors (Lipinski definition) is 1. The molecule has 1 saturated carbocycles. The summed E-state index contributed by atoms with van der Waals surface area (Å²) in [5.41, 5.74) is 1.54. The van der Waals surface area contributed by atoms with E-state index in [9.17, 15) is 4.39 Å². The molecule has 1 aromatic rings. The number of rotatable bonds is 5. The number of aliphatic imine (C=N–C) groups is 1. The fraction of sp³-hybridized carbons (Fsp3) is 0.682. The molecule has 3 fully saturated rings. The van der Waals surface area contributed by atoms with Gasteiger partial charge in [-0.2, -0.15) is 0 Å². The summed E-state index contributed by atoms with van der Waals surface area (Å²) in [6.07, 6.45) is 5.39. The number of ether oxygens (including phenoxy) is 1. The fourth-order valence-corrected chi connectivity index (χ4v) is 4.83. The lowest BCUT2D eigenvalue weighted by Crippen LogP contribution is -2.44. The molecule has 2 aliphatic heterocycles. The maximum absolute atomic E-state index is 13.9. The zero-order valence-electron chi connectivity index (χ0n) is 17.4. The third-order valence-electron chi connectivity index (χ3n) is 6.62. The van der Waals surface area contributed by atoms with Crippen molar-refractivity contribution in [3.05, 3.63) is 35.6 Å². The average Bonchev–Trinajstić information content (AvgIpc) is 3.14. The SMILES string of the molecule is CCNC(=NCC(c1cccc(F)c1)N1CCOCC1)N1CCC2(CCC2)C1.I. The number of hydrogen-bond acceptors (Lipinski definition) is 3. The lowest BCUT2D eigenvalue weighted by atomic mass is 9.68. The smallest absolute Gasteiger partial charge is 0.194 e. The molecule has 1 aromatic carbocycles. The van der Waals surface area contributed by atoms with Crippen LogP contribution in [0.3, 0.4) is 0 Å². The van der Waals surface area contributed by atoms with Gasteiger partial charge in [0.15, 0.2) is 5.96 Å². The molecule has 1 aliphatic carbocycles. The van der Waals surface area contributed by atoms with E-state index >= 15 is 0 Å². The monoisotopic (exact) mass is 516 g/mol. The standard InChI is InChI=1S/C22H33FN4O.HI/c1-2-24-21(27-10-9-22(17-27)7-4-8-22)25-16-20(26-11-13-28-14-12-26)18-5-3-6-19(23)15-18;/h3,5-6,15,20H,2,4,7-14,16-17H2,1H3,(H,24,25);1H. The number of likely N-dealkylation sites (tertiary alicyclic amines) is 1. The summed E-state index contributed by atoms with van der Waals surface area (Å²) in [5.74, 6) is 0.832. The van der Waals surface area contributed by atoms with Gasteiger partial charge in [-0.3, -0.25) is 9.89 Å². The molecule has 1 atom stereocenters. The molecule has 3 aliphatic rings. The van der Waals surface area contributed by atoms with Gasteiger partial charge in [0.25, 0.3) is 0 Å². The Hall–Kier alpha value is -0.930. The van der Waals surface area contributed by atoms with Crippen LogP contribution in [-0.2, 0) is 4.74 Å². The molecule has 29 heavy (non-hydrogen) atoms. The van der Waals surface area contributed by atoms with E-state index in [1.165, 1.54) is 31.7 Å². The van der Waals surface area contributed by atoms with E-state index < -0.39 is 0 Å².